The Morgan fingerprint density at radius 1 is 1.29 bits per heavy atom. The molecule has 1 saturated carbocycles. The molecule has 2 nitrogen and oxygen atoms in total. The van der Waals surface area contributed by atoms with Crippen LogP contribution in [-0.2, 0) is 6.54 Å². The third-order valence-electron chi connectivity index (χ3n) is 3.26. The van der Waals surface area contributed by atoms with Gasteiger partial charge in [0, 0.05) is 12.2 Å². The first-order valence-corrected chi connectivity index (χ1v) is 5.77. The molecule has 78 valence electrons. The van der Waals surface area contributed by atoms with Crippen molar-refractivity contribution in [3.8, 4) is 0 Å². The van der Waals surface area contributed by atoms with E-state index in [0.717, 1.165) is 18.2 Å². The topological polar surface area (TPSA) is 17.8 Å². The molecule has 0 aromatic carbocycles. The summed E-state index contributed by atoms with van der Waals surface area (Å²) in [6, 6.07) is 2.17. The zero-order chi connectivity index (χ0) is 9.97. The van der Waals surface area contributed by atoms with Gasteiger partial charge in [0.2, 0.25) is 0 Å². The molecule has 0 radical (unpaired) electrons. The minimum Gasteiger partial charge on any atom is -0.269 e. The van der Waals surface area contributed by atoms with Gasteiger partial charge in [0.25, 0.3) is 0 Å². The number of aryl methyl sites for hydroxylation is 2. The van der Waals surface area contributed by atoms with E-state index in [0.29, 0.717) is 0 Å². The first-order valence-electron chi connectivity index (χ1n) is 5.77. The zero-order valence-corrected chi connectivity index (χ0v) is 9.29. The lowest BCUT2D eigenvalue weighted by molar-refractivity contribution is 0.305. The smallest absolute Gasteiger partial charge is 0.0596 e. The molecule has 0 amide bonds. The summed E-state index contributed by atoms with van der Waals surface area (Å²) >= 11 is 0. The average molecular weight is 192 g/mol. The second-order valence-corrected chi connectivity index (χ2v) is 4.61. The van der Waals surface area contributed by atoms with Crippen molar-refractivity contribution >= 4 is 0 Å². The van der Waals surface area contributed by atoms with Crippen molar-refractivity contribution in [2.24, 2.45) is 5.92 Å². The van der Waals surface area contributed by atoms with Gasteiger partial charge in [-0.1, -0.05) is 19.3 Å². The summed E-state index contributed by atoms with van der Waals surface area (Å²) in [6.45, 7) is 5.37. The van der Waals surface area contributed by atoms with Crippen LogP contribution in [0.5, 0.6) is 0 Å². The standard InChI is InChI=1S/C12H20N2/c1-10-8-11(2)14(13-10)9-12-6-4-3-5-7-12/h8,12H,3-7,9H2,1-2H3. The van der Waals surface area contributed by atoms with Crippen LogP contribution >= 0.6 is 0 Å². The summed E-state index contributed by atoms with van der Waals surface area (Å²) in [7, 11) is 0. The van der Waals surface area contributed by atoms with Crippen molar-refractivity contribution in [3.05, 3.63) is 17.5 Å². The Hall–Kier alpha value is -0.790. The minimum atomic E-state index is 0.877. The van der Waals surface area contributed by atoms with Crippen LogP contribution in [0.25, 0.3) is 0 Å². The van der Waals surface area contributed by atoms with E-state index in [1.807, 2.05) is 0 Å². The molecule has 1 aromatic rings. The molecule has 1 heterocycles. The second-order valence-electron chi connectivity index (χ2n) is 4.61. The highest BCUT2D eigenvalue weighted by atomic mass is 15.3. The first kappa shape index (κ1) is 9.75. The highest BCUT2D eigenvalue weighted by Gasteiger charge is 2.14. The number of hydrogen-bond donors (Lipinski definition) is 0. The predicted octanol–water partition coefficient (Wildman–Crippen LogP) is 3.08. The third kappa shape index (κ3) is 2.17. The molecule has 0 spiro atoms. The fourth-order valence-electron chi connectivity index (χ4n) is 2.47. The van der Waals surface area contributed by atoms with E-state index in [2.05, 4.69) is 29.7 Å². The Morgan fingerprint density at radius 2 is 2.00 bits per heavy atom. The molecule has 0 bridgehead atoms. The van der Waals surface area contributed by atoms with Crippen molar-refractivity contribution in [2.75, 3.05) is 0 Å². The highest BCUT2D eigenvalue weighted by molar-refractivity contribution is 5.06. The maximum absolute atomic E-state index is 4.52. The van der Waals surface area contributed by atoms with E-state index < -0.39 is 0 Å². The lowest BCUT2D eigenvalue weighted by Crippen LogP contribution is -2.15. The summed E-state index contributed by atoms with van der Waals surface area (Å²) in [5.74, 6) is 0.877. The number of nitrogens with zero attached hydrogens (tertiary/aromatic N) is 2. The van der Waals surface area contributed by atoms with Crippen LogP contribution in [0.4, 0.5) is 0 Å². The maximum Gasteiger partial charge on any atom is 0.0596 e. The van der Waals surface area contributed by atoms with Crippen molar-refractivity contribution < 1.29 is 0 Å². The van der Waals surface area contributed by atoms with Crippen LogP contribution in [0, 0.1) is 19.8 Å². The van der Waals surface area contributed by atoms with E-state index in [-0.39, 0.29) is 0 Å². The molecule has 1 aliphatic carbocycles. The third-order valence-corrected chi connectivity index (χ3v) is 3.26. The summed E-state index contributed by atoms with van der Waals surface area (Å²) in [6.07, 6.45) is 7.08. The van der Waals surface area contributed by atoms with E-state index in [1.165, 1.54) is 37.8 Å². The van der Waals surface area contributed by atoms with E-state index in [4.69, 9.17) is 0 Å². The van der Waals surface area contributed by atoms with Crippen LogP contribution in [0.1, 0.15) is 43.5 Å². The SMILES string of the molecule is Cc1cc(C)n(CC2CCCCC2)n1. The van der Waals surface area contributed by atoms with Gasteiger partial charge >= 0.3 is 0 Å². The summed E-state index contributed by atoms with van der Waals surface area (Å²) < 4.78 is 2.19. The largest absolute Gasteiger partial charge is 0.269 e. The molecule has 0 N–H and O–H groups in total. The van der Waals surface area contributed by atoms with Gasteiger partial charge in [-0.2, -0.15) is 5.10 Å². The molecule has 0 aliphatic heterocycles. The molecular weight excluding hydrogens is 172 g/mol. The Kier molecular flexibility index (Phi) is 2.90. The summed E-state index contributed by atoms with van der Waals surface area (Å²) in [4.78, 5) is 0. The molecule has 1 fully saturated rings. The van der Waals surface area contributed by atoms with Crippen molar-refractivity contribution in [3.63, 3.8) is 0 Å². The molecule has 0 atom stereocenters. The first-order chi connectivity index (χ1) is 6.75. The molecule has 2 heteroatoms. The number of rotatable bonds is 2. The van der Waals surface area contributed by atoms with Gasteiger partial charge in [-0.3, -0.25) is 4.68 Å². The van der Waals surface area contributed by atoms with Crippen molar-refractivity contribution in [2.45, 2.75) is 52.5 Å². The van der Waals surface area contributed by atoms with Gasteiger partial charge in [0.15, 0.2) is 0 Å². The second kappa shape index (κ2) is 4.16. The highest BCUT2D eigenvalue weighted by Crippen LogP contribution is 2.25. The maximum atomic E-state index is 4.52. The molecule has 14 heavy (non-hydrogen) atoms. The molecule has 0 unspecified atom stereocenters. The Bertz CT molecular complexity index is 295. The van der Waals surface area contributed by atoms with E-state index in [9.17, 15) is 0 Å². The Morgan fingerprint density at radius 3 is 2.57 bits per heavy atom. The van der Waals surface area contributed by atoms with E-state index in [1.54, 1.807) is 0 Å². The molecule has 0 saturated heterocycles. The Balaban J connectivity index is 1.98. The lowest BCUT2D eigenvalue weighted by Gasteiger charge is -2.21. The van der Waals surface area contributed by atoms with Gasteiger partial charge in [0.05, 0.1) is 5.69 Å². The van der Waals surface area contributed by atoms with Crippen LogP contribution in [0.15, 0.2) is 6.07 Å². The van der Waals surface area contributed by atoms with Crippen LogP contribution in [0.3, 0.4) is 0 Å². The van der Waals surface area contributed by atoms with Gasteiger partial charge in [-0.15, -0.1) is 0 Å². The van der Waals surface area contributed by atoms with Crippen molar-refractivity contribution in [1.82, 2.24) is 9.78 Å². The van der Waals surface area contributed by atoms with Gasteiger partial charge < -0.3 is 0 Å². The van der Waals surface area contributed by atoms with Crippen LogP contribution in [-0.4, -0.2) is 9.78 Å². The van der Waals surface area contributed by atoms with E-state index >= 15 is 0 Å². The predicted molar refractivity (Wildman–Crippen MR) is 58.3 cm³/mol. The van der Waals surface area contributed by atoms with Gasteiger partial charge in [-0.25, -0.2) is 0 Å². The summed E-state index contributed by atoms with van der Waals surface area (Å²) in [5.41, 5.74) is 2.46. The lowest BCUT2D eigenvalue weighted by atomic mass is 9.89. The normalized spacial score (nSPS) is 18.7. The molecule has 2 rings (SSSR count). The Labute approximate surface area is 86.3 Å². The molecular formula is C12H20N2. The fourth-order valence-corrected chi connectivity index (χ4v) is 2.47. The van der Waals surface area contributed by atoms with Crippen LogP contribution in [0.2, 0.25) is 0 Å². The molecule has 1 aliphatic rings. The van der Waals surface area contributed by atoms with Crippen LogP contribution < -0.4 is 0 Å². The van der Waals surface area contributed by atoms with Crippen molar-refractivity contribution in [1.29, 1.82) is 0 Å². The molecule has 1 aromatic heterocycles. The summed E-state index contributed by atoms with van der Waals surface area (Å²) in [5, 5.41) is 4.52. The number of hydrogen-bond acceptors (Lipinski definition) is 1. The van der Waals surface area contributed by atoms with Gasteiger partial charge in [0.1, 0.15) is 0 Å². The monoisotopic (exact) mass is 192 g/mol. The average Bonchev–Trinajstić information content (AvgIpc) is 2.47. The zero-order valence-electron chi connectivity index (χ0n) is 9.29. The fraction of sp³-hybridized carbons (Fsp3) is 0.750. The number of aromatic nitrogens is 2. The minimum absolute atomic E-state index is 0.877. The van der Waals surface area contributed by atoms with Gasteiger partial charge in [-0.05, 0) is 38.7 Å². The quantitative estimate of drug-likeness (QED) is 0.704.